The number of aromatic carboxylic acids is 1. The molecular formula is C23H22N2O4S2. The van der Waals surface area contributed by atoms with Gasteiger partial charge in [-0.25, -0.2) is 4.79 Å². The van der Waals surface area contributed by atoms with E-state index in [0.717, 1.165) is 35.1 Å². The molecule has 0 bridgehead atoms. The predicted molar refractivity (Wildman–Crippen MR) is 127 cm³/mol. The molecule has 1 saturated heterocycles. The van der Waals surface area contributed by atoms with Gasteiger partial charge in [0.15, 0.2) is 0 Å². The summed E-state index contributed by atoms with van der Waals surface area (Å²) in [6.07, 6.45) is 4.52. The summed E-state index contributed by atoms with van der Waals surface area (Å²) in [6.45, 7) is 0.537. The number of thioether (sulfide) groups is 1. The van der Waals surface area contributed by atoms with Crippen LogP contribution in [-0.4, -0.2) is 38.7 Å². The number of carbonyl (C=O) groups excluding carboxylic acids is 2. The molecule has 0 radical (unpaired) electrons. The van der Waals surface area contributed by atoms with Gasteiger partial charge in [-0.1, -0.05) is 49.0 Å². The Morgan fingerprint density at radius 2 is 1.74 bits per heavy atom. The number of carboxylic acid groups (broad SMARTS) is 1. The van der Waals surface area contributed by atoms with Crippen molar-refractivity contribution in [3.8, 4) is 0 Å². The zero-order valence-corrected chi connectivity index (χ0v) is 18.4. The van der Waals surface area contributed by atoms with Gasteiger partial charge in [-0.3, -0.25) is 14.5 Å². The van der Waals surface area contributed by atoms with Gasteiger partial charge in [0.05, 0.1) is 10.5 Å². The molecule has 31 heavy (non-hydrogen) atoms. The SMILES string of the molecule is O=C(CCCCCN1C(=O)S/C(=C/c2ccccc2)C1=S)Nc1ccc(C(=O)O)cc1. The van der Waals surface area contributed by atoms with Crippen molar-refractivity contribution in [2.45, 2.75) is 25.7 Å². The zero-order valence-electron chi connectivity index (χ0n) is 16.7. The summed E-state index contributed by atoms with van der Waals surface area (Å²) in [4.78, 5) is 38.2. The molecule has 3 rings (SSSR count). The van der Waals surface area contributed by atoms with Crippen molar-refractivity contribution >= 4 is 57.8 Å². The lowest BCUT2D eigenvalue weighted by Crippen LogP contribution is -2.28. The molecule has 1 heterocycles. The Balaban J connectivity index is 1.39. The van der Waals surface area contributed by atoms with Crippen LogP contribution >= 0.6 is 24.0 Å². The van der Waals surface area contributed by atoms with Gasteiger partial charge < -0.3 is 10.4 Å². The van der Waals surface area contributed by atoms with Crippen molar-refractivity contribution in [1.29, 1.82) is 0 Å². The molecule has 1 fully saturated rings. The summed E-state index contributed by atoms with van der Waals surface area (Å²) in [6, 6.07) is 15.8. The van der Waals surface area contributed by atoms with E-state index in [-0.39, 0.29) is 16.7 Å². The molecular weight excluding hydrogens is 432 g/mol. The maximum atomic E-state index is 12.3. The van der Waals surface area contributed by atoms with Crippen molar-refractivity contribution in [2.24, 2.45) is 0 Å². The van der Waals surface area contributed by atoms with Crippen LogP contribution in [0.4, 0.5) is 10.5 Å². The quantitative estimate of drug-likeness (QED) is 0.299. The van der Waals surface area contributed by atoms with Crippen LogP contribution in [-0.2, 0) is 4.79 Å². The standard InChI is InChI=1S/C23H22N2O4S2/c26-20(24-18-12-10-17(11-13-18)22(27)28)9-5-2-6-14-25-21(30)19(31-23(25)29)15-16-7-3-1-4-8-16/h1,3-4,7-8,10-13,15H,2,5-6,9,14H2,(H,24,26)(H,27,28)/b19-15+. The molecule has 8 heteroatoms. The molecule has 2 aromatic carbocycles. The summed E-state index contributed by atoms with van der Waals surface area (Å²) in [5.41, 5.74) is 1.75. The molecule has 0 unspecified atom stereocenters. The third-order valence-electron chi connectivity index (χ3n) is 4.67. The fraction of sp³-hybridized carbons (Fsp3) is 0.217. The molecule has 2 N–H and O–H groups in total. The van der Waals surface area contributed by atoms with Gasteiger partial charge in [-0.05, 0) is 60.5 Å². The highest BCUT2D eigenvalue weighted by Gasteiger charge is 2.31. The van der Waals surface area contributed by atoms with Crippen molar-refractivity contribution in [1.82, 2.24) is 4.90 Å². The molecule has 1 aliphatic heterocycles. The van der Waals surface area contributed by atoms with Crippen molar-refractivity contribution in [2.75, 3.05) is 11.9 Å². The average Bonchev–Trinajstić information content (AvgIpc) is 3.01. The highest BCUT2D eigenvalue weighted by atomic mass is 32.2. The molecule has 0 aromatic heterocycles. The lowest BCUT2D eigenvalue weighted by atomic mass is 10.1. The number of thiocarbonyl (C=S) groups is 1. The van der Waals surface area contributed by atoms with Crippen molar-refractivity contribution in [3.05, 3.63) is 70.6 Å². The summed E-state index contributed by atoms with van der Waals surface area (Å²) < 4.78 is 0. The van der Waals surface area contributed by atoms with Gasteiger partial charge in [-0.15, -0.1) is 0 Å². The fourth-order valence-corrected chi connectivity index (χ4v) is 4.33. The van der Waals surface area contributed by atoms with E-state index in [1.807, 2.05) is 36.4 Å². The maximum Gasteiger partial charge on any atom is 0.335 e. The number of unbranched alkanes of at least 4 members (excludes halogenated alkanes) is 2. The van der Waals surface area contributed by atoms with E-state index in [0.29, 0.717) is 30.1 Å². The average molecular weight is 455 g/mol. The number of rotatable bonds is 9. The van der Waals surface area contributed by atoms with Gasteiger partial charge in [0.2, 0.25) is 5.91 Å². The van der Waals surface area contributed by atoms with E-state index in [4.69, 9.17) is 17.3 Å². The van der Waals surface area contributed by atoms with E-state index in [2.05, 4.69) is 5.32 Å². The van der Waals surface area contributed by atoms with Crippen LogP contribution < -0.4 is 5.32 Å². The molecule has 6 nitrogen and oxygen atoms in total. The predicted octanol–water partition coefficient (Wildman–Crippen LogP) is 5.42. The molecule has 0 spiro atoms. The van der Waals surface area contributed by atoms with Crippen molar-refractivity contribution < 1.29 is 19.5 Å². The second-order valence-electron chi connectivity index (χ2n) is 6.99. The summed E-state index contributed by atoms with van der Waals surface area (Å²) >= 11 is 6.63. The van der Waals surface area contributed by atoms with E-state index < -0.39 is 5.97 Å². The van der Waals surface area contributed by atoms with Gasteiger partial charge in [0.1, 0.15) is 4.99 Å². The smallest absolute Gasteiger partial charge is 0.335 e. The van der Waals surface area contributed by atoms with Gasteiger partial charge in [0.25, 0.3) is 5.24 Å². The lowest BCUT2D eigenvalue weighted by Gasteiger charge is -2.14. The summed E-state index contributed by atoms with van der Waals surface area (Å²) in [7, 11) is 0. The van der Waals surface area contributed by atoms with E-state index in [9.17, 15) is 14.4 Å². The molecule has 2 amide bonds. The first-order chi connectivity index (χ1) is 14.9. The molecule has 160 valence electrons. The Morgan fingerprint density at radius 1 is 1.03 bits per heavy atom. The summed E-state index contributed by atoms with van der Waals surface area (Å²) in [5, 5.41) is 11.6. The second-order valence-corrected chi connectivity index (χ2v) is 8.37. The molecule has 2 aromatic rings. The molecule has 0 atom stereocenters. The number of amides is 2. The lowest BCUT2D eigenvalue weighted by molar-refractivity contribution is -0.116. The third kappa shape index (κ3) is 6.50. The molecule has 1 aliphatic rings. The fourth-order valence-electron chi connectivity index (χ4n) is 3.05. The number of hydrogen-bond donors (Lipinski definition) is 2. The van der Waals surface area contributed by atoms with Gasteiger partial charge in [-0.2, -0.15) is 0 Å². The number of carboxylic acids is 1. The maximum absolute atomic E-state index is 12.3. The van der Waals surface area contributed by atoms with Gasteiger partial charge in [0, 0.05) is 18.7 Å². The Morgan fingerprint density at radius 3 is 2.42 bits per heavy atom. The van der Waals surface area contributed by atoms with Crippen LogP contribution in [0.1, 0.15) is 41.6 Å². The van der Waals surface area contributed by atoms with Gasteiger partial charge >= 0.3 is 5.97 Å². The minimum Gasteiger partial charge on any atom is -0.478 e. The van der Waals surface area contributed by atoms with E-state index in [1.165, 1.54) is 12.1 Å². The van der Waals surface area contributed by atoms with E-state index in [1.54, 1.807) is 17.0 Å². The molecule has 0 aliphatic carbocycles. The second kappa shape index (κ2) is 10.9. The Bertz CT molecular complexity index is 1000. The van der Waals surface area contributed by atoms with Crippen LogP contribution in [0.5, 0.6) is 0 Å². The largest absolute Gasteiger partial charge is 0.478 e. The first-order valence-corrected chi connectivity index (χ1v) is 11.1. The number of nitrogens with zero attached hydrogens (tertiary/aromatic N) is 1. The first kappa shape index (κ1) is 22.7. The first-order valence-electron chi connectivity index (χ1n) is 9.87. The Hall–Kier alpha value is -2.97. The van der Waals surface area contributed by atoms with Crippen LogP contribution in [0.25, 0.3) is 6.08 Å². The Kier molecular flexibility index (Phi) is 7.97. The topological polar surface area (TPSA) is 86.7 Å². The van der Waals surface area contributed by atoms with Crippen LogP contribution in [0, 0.1) is 0 Å². The normalized spacial score (nSPS) is 14.8. The van der Waals surface area contributed by atoms with E-state index >= 15 is 0 Å². The number of carbonyl (C=O) groups is 3. The minimum absolute atomic E-state index is 0.0604. The monoisotopic (exact) mass is 454 g/mol. The highest BCUT2D eigenvalue weighted by Crippen LogP contribution is 2.33. The minimum atomic E-state index is -1.00. The van der Waals surface area contributed by atoms with Crippen LogP contribution in [0.3, 0.4) is 0 Å². The third-order valence-corrected chi connectivity index (χ3v) is 6.17. The van der Waals surface area contributed by atoms with Crippen molar-refractivity contribution in [3.63, 3.8) is 0 Å². The number of hydrogen-bond acceptors (Lipinski definition) is 5. The number of anilines is 1. The Labute approximate surface area is 190 Å². The highest BCUT2D eigenvalue weighted by molar-refractivity contribution is 8.19. The number of benzene rings is 2. The van der Waals surface area contributed by atoms with Crippen LogP contribution in [0.15, 0.2) is 59.5 Å². The van der Waals surface area contributed by atoms with Crippen LogP contribution in [0.2, 0.25) is 0 Å². The summed E-state index contributed by atoms with van der Waals surface area (Å²) in [5.74, 6) is -1.13. The molecule has 0 saturated carbocycles. The number of nitrogens with one attached hydrogen (secondary N) is 1. The zero-order chi connectivity index (χ0) is 22.2.